The Morgan fingerprint density at radius 2 is 2.35 bits per heavy atom. The van der Waals surface area contributed by atoms with E-state index in [1.807, 2.05) is 17.5 Å². The predicted molar refractivity (Wildman–Crippen MR) is 72.1 cm³/mol. The average molecular weight is 289 g/mol. The van der Waals surface area contributed by atoms with Gasteiger partial charge in [-0.1, -0.05) is 11.2 Å². The van der Waals surface area contributed by atoms with Crippen molar-refractivity contribution in [1.29, 1.82) is 0 Å². The number of aromatic nitrogens is 3. The molecule has 0 atom stereocenters. The van der Waals surface area contributed by atoms with Crippen LogP contribution in [0.2, 0.25) is 0 Å². The molecule has 0 fully saturated rings. The Labute approximate surface area is 118 Å². The number of nitrogens with zero attached hydrogens (tertiary/aromatic N) is 3. The largest absolute Gasteiger partial charge is 0.451 e. The van der Waals surface area contributed by atoms with Gasteiger partial charge in [-0.25, -0.2) is 4.79 Å². The number of carbonyl (C=O) groups excluding carboxylic acids is 1. The zero-order valence-corrected chi connectivity index (χ0v) is 11.5. The summed E-state index contributed by atoms with van der Waals surface area (Å²) in [7, 11) is 1.78. The third kappa shape index (κ3) is 2.48. The second-order valence-corrected chi connectivity index (χ2v) is 5.02. The van der Waals surface area contributed by atoms with E-state index in [1.54, 1.807) is 29.9 Å². The van der Waals surface area contributed by atoms with Crippen LogP contribution in [0.3, 0.4) is 0 Å². The van der Waals surface area contributed by atoms with E-state index < -0.39 is 5.97 Å². The molecule has 0 aromatic carbocycles. The number of hydrogen-bond acceptors (Lipinski definition) is 6. The van der Waals surface area contributed by atoms with Gasteiger partial charge in [0.05, 0.1) is 4.88 Å². The Bertz CT molecular complexity index is 715. The summed E-state index contributed by atoms with van der Waals surface area (Å²) in [5.41, 5.74) is 0.475. The SMILES string of the molecule is Cn1cccc1C(=O)OCc1nc(-c2cccs2)no1. The lowest BCUT2D eigenvalue weighted by Crippen LogP contribution is -2.09. The minimum absolute atomic E-state index is 0.0393. The number of esters is 1. The fourth-order valence-corrected chi connectivity index (χ4v) is 2.34. The van der Waals surface area contributed by atoms with E-state index in [2.05, 4.69) is 10.1 Å². The maximum atomic E-state index is 11.8. The normalized spacial score (nSPS) is 10.7. The lowest BCUT2D eigenvalue weighted by atomic mass is 10.4. The van der Waals surface area contributed by atoms with Crippen LogP contribution in [0.4, 0.5) is 0 Å². The molecule has 0 N–H and O–H groups in total. The summed E-state index contributed by atoms with van der Waals surface area (Å²) in [6.07, 6.45) is 1.78. The maximum absolute atomic E-state index is 11.8. The van der Waals surface area contributed by atoms with E-state index in [4.69, 9.17) is 9.26 Å². The first-order valence-corrected chi connectivity index (χ1v) is 6.77. The Balaban J connectivity index is 1.65. The Kier molecular flexibility index (Phi) is 3.34. The van der Waals surface area contributed by atoms with Gasteiger partial charge in [-0.15, -0.1) is 11.3 Å². The van der Waals surface area contributed by atoms with Crippen LogP contribution in [-0.2, 0) is 18.4 Å². The molecule has 3 aromatic rings. The lowest BCUT2D eigenvalue weighted by Gasteiger charge is -2.02. The first kappa shape index (κ1) is 12.6. The summed E-state index contributed by atoms with van der Waals surface area (Å²) in [6.45, 7) is -0.0393. The standard InChI is InChI=1S/C13H11N3O3S/c1-16-6-2-4-9(16)13(17)18-8-11-14-12(15-19-11)10-5-3-7-20-10/h2-7H,8H2,1H3. The van der Waals surface area contributed by atoms with Crippen molar-refractivity contribution in [2.24, 2.45) is 7.05 Å². The molecular formula is C13H11N3O3S. The number of aryl methyl sites for hydroxylation is 1. The molecule has 3 aromatic heterocycles. The molecule has 102 valence electrons. The molecule has 0 aliphatic rings. The Morgan fingerprint density at radius 1 is 1.45 bits per heavy atom. The topological polar surface area (TPSA) is 70.2 Å². The number of ether oxygens (including phenoxy) is 1. The van der Waals surface area contributed by atoms with Crippen LogP contribution < -0.4 is 0 Å². The van der Waals surface area contributed by atoms with Gasteiger partial charge in [-0.2, -0.15) is 4.98 Å². The van der Waals surface area contributed by atoms with Crippen molar-refractivity contribution in [2.45, 2.75) is 6.61 Å². The summed E-state index contributed by atoms with van der Waals surface area (Å²) < 4.78 is 11.9. The maximum Gasteiger partial charge on any atom is 0.355 e. The van der Waals surface area contributed by atoms with Crippen LogP contribution in [0.1, 0.15) is 16.4 Å². The molecule has 20 heavy (non-hydrogen) atoms. The number of rotatable bonds is 4. The molecule has 0 radical (unpaired) electrons. The van der Waals surface area contributed by atoms with E-state index in [9.17, 15) is 4.79 Å². The third-order valence-corrected chi connectivity index (χ3v) is 3.56. The van der Waals surface area contributed by atoms with E-state index in [-0.39, 0.29) is 12.5 Å². The minimum Gasteiger partial charge on any atom is -0.451 e. The van der Waals surface area contributed by atoms with Crippen molar-refractivity contribution < 1.29 is 14.1 Å². The number of thiophene rings is 1. The van der Waals surface area contributed by atoms with Gasteiger partial charge in [0.15, 0.2) is 6.61 Å². The van der Waals surface area contributed by atoms with Crippen LogP contribution in [-0.4, -0.2) is 20.7 Å². The van der Waals surface area contributed by atoms with E-state index in [0.717, 1.165) is 4.88 Å². The summed E-state index contributed by atoms with van der Waals surface area (Å²) in [4.78, 5) is 16.9. The van der Waals surface area contributed by atoms with Crippen molar-refractivity contribution in [3.8, 4) is 10.7 Å². The molecule has 0 aliphatic carbocycles. The molecule has 3 rings (SSSR count). The summed E-state index contributed by atoms with van der Waals surface area (Å²) >= 11 is 1.52. The smallest absolute Gasteiger partial charge is 0.355 e. The van der Waals surface area contributed by atoms with Crippen LogP contribution in [0.5, 0.6) is 0 Å². The highest BCUT2D eigenvalue weighted by molar-refractivity contribution is 7.13. The first-order chi connectivity index (χ1) is 9.74. The van der Waals surface area contributed by atoms with E-state index in [1.165, 1.54) is 11.3 Å². The highest BCUT2D eigenvalue weighted by atomic mass is 32.1. The fourth-order valence-electron chi connectivity index (χ4n) is 1.69. The summed E-state index contributed by atoms with van der Waals surface area (Å²) in [5.74, 6) is 0.356. The van der Waals surface area contributed by atoms with Gasteiger partial charge < -0.3 is 13.8 Å². The van der Waals surface area contributed by atoms with Crippen LogP contribution >= 0.6 is 11.3 Å². The molecule has 0 amide bonds. The van der Waals surface area contributed by atoms with Crippen molar-refractivity contribution in [3.63, 3.8) is 0 Å². The van der Waals surface area contributed by atoms with Gasteiger partial charge in [-0.05, 0) is 23.6 Å². The van der Waals surface area contributed by atoms with Gasteiger partial charge in [0, 0.05) is 13.2 Å². The number of carbonyl (C=O) groups is 1. The van der Waals surface area contributed by atoms with Crippen molar-refractivity contribution in [1.82, 2.24) is 14.7 Å². The molecule has 3 heterocycles. The van der Waals surface area contributed by atoms with E-state index in [0.29, 0.717) is 11.5 Å². The summed E-state index contributed by atoms with van der Waals surface area (Å²) in [6, 6.07) is 7.27. The molecule has 7 heteroatoms. The quantitative estimate of drug-likeness (QED) is 0.690. The van der Waals surface area contributed by atoms with Crippen LogP contribution in [0.15, 0.2) is 40.4 Å². The molecule has 0 spiro atoms. The predicted octanol–water partition coefficient (Wildman–Crippen LogP) is 2.49. The minimum atomic E-state index is -0.423. The molecule has 0 bridgehead atoms. The molecule has 0 saturated carbocycles. The lowest BCUT2D eigenvalue weighted by molar-refractivity contribution is 0.0418. The second kappa shape index (κ2) is 5.30. The highest BCUT2D eigenvalue weighted by Crippen LogP contribution is 2.21. The second-order valence-electron chi connectivity index (χ2n) is 4.07. The molecule has 6 nitrogen and oxygen atoms in total. The van der Waals surface area contributed by atoms with E-state index >= 15 is 0 Å². The molecule has 0 unspecified atom stereocenters. The third-order valence-electron chi connectivity index (χ3n) is 2.69. The highest BCUT2D eigenvalue weighted by Gasteiger charge is 2.14. The van der Waals surface area contributed by atoms with Crippen molar-refractivity contribution in [2.75, 3.05) is 0 Å². The van der Waals surface area contributed by atoms with Gasteiger partial charge in [-0.3, -0.25) is 0 Å². The zero-order chi connectivity index (χ0) is 13.9. The average Bonchev–Trinajstić information content (AvgIpc) is 3.16. The molecular weight excluding hydrogens is 278 g/mol. The monoisotopic (exact) mass is 289 g/mol. The Morgan fingerprint density at radius 3 is 3.05 bits per heavy atom. The fraction of sp³-hybridized carbons (Fsp3) is 0.154. The Hall–Kier alpha value is -2.41. The van der Waals surface area contributed by atoms with Crippen LogP contribution in [0, 0.1) is 0 Å². The van der Waals surface area contributed by atoms with Crippen LogP contribution in [0.25, 0.3) is 10.7 Å². The number of hydrogen-bond donors (Lipinski definition) is 0. The van der Waals surface area contributed by atoms with Gasteiger partial charge in [0.2, 0.25) is 5.82 Å². The van der Waals surface area contributed by atoms with Gasteiger partial charge in [0.25, 0.3) is 5.89 Å². The van der Waals surface area contributed by atoms with Gasteiger partial charge in [0.1, 0.15) is 5.69 Å². The molecule has 0 saturated heterocycles. The first-order valence-electron chi connectivity index (χ1n) is 5.89. The van der Waals surface area contributed by atoms with Crippen molar-refractivity contribution >= 4 is 17.3 Å². The summed E-state index contributed by atoms with van der Waals surface area (Å²) in [5, 5.41) is 5.78. The molecule has 0 aliphatic heterocycles. The van der Waals surface area contributed by atoms with Crippen molar-refractivity contribution in [3.05, 3.63) is 47.4 Å². The van der Waals surface area contributed by atoms with Gasteiger partial charge >= 0.3 is 5.97 Å². The zero-order valence-electron chi connectivity index (χ0n) is 10.6.